The highest BCUT2D eigenvalue weighted by molar-refractivity contribution is 6.33. The number of hydrogen-bond donors (Lipinski definition) is 1. The molecule has 0 spiro atoms. The van der Waals surface area contributed by atoms with Crippen LogP contribution in [0.5, 0.6) is 0 Å². The number of carbonyl (C=O) groups excluding carboxylic acids is 1. The number of aromatic nitrogens is 1. The molecule has 0 atom stereocenters. The van der Waals surface area contributed by atoms with Gasteiger partial charge in [-0.1, -0.05) is 29.7 Å². The number of carboxylic acids is 1. The van der Waals surface area contributed by atoms with E-state index in [2.05, 4.69) is 5.16 Å². The number of aryl methyl sites for hydroxylation is 1. The molecule has 6 nitrogen and oxygen atoms in total. The second-order valence-corrected chi connectivity index (χ2v) is 5.59. The van der Waals surface area contributed by atoms with Crippen LogP contribution in [0.3, 0.4) is 0 Å². The number of carboxylic acid groups (broad SMARTS) is 1. The maximum absolute atomic E-state index is 14.2. The third-order valence-corrected chi connectivity index (χ3v) is 3.70. The lowest BCUT2D eigenvalue weighted by atomic mass is 10.0. The van der Waals surface area contributed by atoms with Crippen molar-refractivity contribution in [1.29, 1.82) is 0 Å². The van der Waals surface area contributed by atoms with Crippen molar-refractivity contribution in [2.45, 2.75) is 20.3 Å². The standard InChI is InChI=1S/C16H16ClFN2O4/c1-3-7-20(8-12(21)22)16(23)13-9(2)24-19-15(13)14-10(17)5-4-6-11(14)18/h4-6H,3,7-8H2,1-2H3,(H,21,22). The molecule has 1 aromatic heterocycles. The minimum Gasteiger partial charge on any atom is -0.480 e. The van der Waals surface area contributed by atoms with Crippen molar-refractivity contribution in [2.24, 2.45) is 0 Å². The van der Waals surface area contributed by atoms with Crippen LogP contribution in [-0.2, 0) is 4.79 Å². The fourth-order valence-corrected chi connectivity index (χ4v) is 2.61. The Morgan fingerprint density at radius 1 is 1.42 bits per heavy atom. The van der Waals surface area contributed by atoms with Crippen LogP contribution in [0, 0.1) is 12.7 Å². The number of aliphatic carboxylic acids is 1. The first-order valence-corrected chi connectivity index (χ1v) is 7.66. The van der Waals surface area contributed by atoms with Crippen molar-refractivity contribution < 1.29 is 23.6 Å². The van der Waals surface area contributed by atoms with E-state index < -0.39 is 24.2 Å². The fourth-order valence-electron chi connectivity index (χ4n) is 2.36. The quantitative estimate of drug-likeness (QED) is 0.859. The van der Waals surface area contributed by atoms with Gasteiger partial charge in [-0.25, -0.2) is 4.39 Å². The Bertz CT molecular complexity index is 755. The maximum Gasteiger partial charge on any atom is 0.323 e. The monoisotopic (exact) mass is 354 g/mol. The molecule has 0 aliphatic heterocycles. The number of carbonyl (C=O) groups is 2. The Kier molecular flexibility index (Phi) is 5.56. The van der Waals surface area contributed by atoms with Gasteiger partial charge in [0.2, 0.25) is 0 Å². The molecule has 0 radical (unpaired) electrons. The van der Waals surface area contributed by atoms with Crippen molar-refractivity contribution in [3.05, 3.63) is 40.4 Å². The fraction of sp³-hybridized carbons (Fsp3) is 0.312. The first-order chi connectivity index (χ1) is 11.4. The third-order valence-electron chi connectivity index (χ3n) is 3.38. The molecule has 1 aromatic carbocycles. The predicted octanol–water partition coefficient (Wildman–Crippen LogP) is 3.38. The third kappa shape index (κ3) is 3.56. The number of benzene rings is 1. The summed E-state index contributed by atoms with van der Waals surface area (Å²) in [4.78, 5) is 24.9. The Labute approximate surface area is 142 Å². The van der Waals surface area contributed by atoms with Gasteiger partial charge in [0, 0.05) is 6.54 Å². The van der Waals surface area contributed by atoms with Gasteiger partial charge in [0.15, 0.2) is 0 Å². The van der Waals surface area contributed by atoms with Gasteiger partial charge in [-0.05, 0) is 25.5 Å². The molecular weight excluding hydrogens is 339 g/mol. The second kappa shape index (κ2) is 7.44. The molecule has 0 aliphatic rings. The highest BCUT2D eigenvalue weighted by atomic mass is 35.5. The first kappa shape index (κ1) is 17.9. The SMILES string of the molecule is CCCN(CC(=O)O)C(=O)c1c(-c2c(F)cccc2Cl)noc1C. The number of nitrogens with zero attached hydrogens (tertiary/aromatic N) is 2. The normalized spacial score (nSPS) is 10.7. The largest absolute Gasteiger partial charge is 0.480 e. The zero-order valence-corrected chi connectivity index (χ0v) is 13.9. The van der Waals surface area contributed by atoms with Crippen molar-refractivity contribution in [3.63, 3.8) is 0 Å². The van der Waals surface area contributed by atoms with Crippen LogP contribution in [0.2, 0.25) is 5.02 Å². The van der Waals surface area contributed by atoms with E-state index in [-0.39, 0.29) is 34.1 Å². The summed E-state index contributed by atoms with van der Waals surface area (Å²) in [7, 11) is 0. The van der Waals surface area contributed by atoms with Gasteiger partial charge in [0.1, 0.15) is 29.4 Å². The van der Waals surface area contributed by atoms with Crippen LogP contribution < -0.4 is 0 Å². The van der Waals surface area contributed by atoms with Crippen LogP contribution in [0.25, 0.3) is 11.3 Å². The molecule has 2 rings (SSSR count). The molecule has 0 saturated carbocycles. The average Bonchev–Trinajstić information content (AvgIpc) is 2.87. The van der Waals surface area contributed by atoms with Crippen molar-refractivity contribution in [3.8, 4) is 11.3 Å². The number of halogens is 2. The van der Waals surface area contributed by atoms with E-state index >= 15 is 0 Å². The number of rotatable bonds is 6. The van der Waals surface area contributed by atoms with Gasteiger partial charge >= 0.3 is 5.97 Å². The smallest absolute Gasteiger partial charge is 0.323 e. The molecule has 0 bridgehead atoms. The molecule has 24 heavy (non-hydrogen) atoms. The lowest BCUT2D eigenvalue weighted by Crippen LogP contribution is -2.36. The van der Waals surface area contributed by atoms with E-state index in [0.29, 0.717) is 6.42 Å². The minimum absolute atomic E-state index is 0.0108. The summed E-state index contributed by atoms with van der Waals surface area (Å²) in [5.41, 5.74) is -0.0741. The van der Waals surface area contributed by atoms with E-state index in [4.69, 9.17) is 21.2 Å². The molecule has 1 N–H and O–H groups in total. The summed E-state index contributed by atoms with van der Waals surface area (Å²) in [6.07, 6.45) is 0.569. The Morgan fingerprint density at radius 3 is 2.71 bits per heavy atom. The van der Waals surface area contributed by atoms with Crippen molar-refractivity contribution in [2.75, 3.05) is 13.1 Å². The molecule has 0 fully saturated rings. The van der Waals surface area contributed by atoms with Gasteiger partial charge in [-0.3, -0.25) is 9.59 Å². The van der Waals surface area contributed by atoms with E-state index in [9.17, 15) is 14.0 Å². The zero-order valence-electron chi connectivity index (χ0n) is 13.2. The predicted molar refractivity (Wildman–Crippen MR) is 85.5 cm³/mol. The van der Waals surface area contributed by atoms with Crippen molar-refractivity contribution in [1.82, 2.24) is 10.1 Å². The van der Waals surface area contributed by atoms with Crippen molar-refractivity contribution >= 4 is 23.5 Å². The Hall–Kier alpha value is -2.41. The summed E-state index contributed by atoms with van der Waals surface area (Å²) in [5, 5.41) is 12.8. The lowest BCUT2D eigenvalue weighted by Gasteiger charge is -2.20. The number of hydrogen-bond acceptors (Lipinski definition) is 4. The molecular formula is C16H16ClFN2O4. The molecule has 0 unspecified atom stereocenters. The molecule has 0 aliphatic carbocycles. The minimum atomic E-state index is -1.14. The first-order valence-electron chi connectivity index (χ1n) is 7.28. The summed E-state index contributed by atoms with van der Waals surface area (Å²) < 4.78 is 19.2. The summed E-state index contributed by atoms with van der Waals surface area (Å²) in [5.74, 6) is -2.21. The lowest BCUT2D eigenvalue weighted by molar-refractivity contribution is -0.137. The topological polar surface area (TPSA) is 83.6 Å². The van der Waals surface area contributed by atoms with Crippen LogP contribution in [0.1, 0.15) is 29.5 Å². The summed E-state index contributed by atoms with van der Waals surface area (Å²) in [6, 6.07) is 4.10. The summed E-state index contributed by atoms with van der Waals surface area (Å²) in [6.45, 7) is 3.09. The van der Waals surface area contributed by atoms with E-state index in [1.165, 1.54) is 25.1 Å². The Balaban J connectivity index is 2.53. The number of amides is 1. The molecule has 2 aromatic rings. The van der Waals surface area contributed by atoms with Crippen LogP contribution >= 0.6 is 11.6 Å². The zero-order chi connectivity index (χ0) is 17.9. The van der Waals surface area contributed by atoms with E-state index in [1.54, 1.807) is 0 Å². The Morgan fingerprint density at radius 2 is 2.12 bits per heavy atom. The van der Waals surface area contributed by atoms with Crippen LogP contribution in [0.4, 0.5) is 4.39 Å². The van der Waals surface area contributed by atoms with Gasteiger partial charge in [0.25, 0.3) is 5.91 Å². The summed E-state index contributed by atoms with van der Waals surface area (Å²) >= 11 is 6.03. The highest BCUT2D eigenvalue weighted by Crippen LogP contribution is 2.34. The van der Waals surface area contributed by atoms with E-state index in [1.807, 2.05) is 6.92 Å². The highest BCUT2D eigenvalue weighted by Gasteiger charge is 2.29. The molecule has 1 amide bonds. The van der Waals surface area contributed by atoms with Gasteiger partial charge in [0.05, 0.1) is 10.6 Å². The molecule has 0 saturated heterocycles. The maximum atomic E-state index is 14.2. The molecule has 8 heteroatoms. The molecule has 1 heterocycles. The second-order valence-electron chi connectivity index (χ2n) is 5.18. The van der Waals surface area contributed by atoms with Crippen LogP contribution in [0.15, 0.2) is 22.7 Å². The van der Waals surface area contributed by atoms with Gasteiger partial charge in [-0.2, -0.15) is 0 Å². The average molecular weight is 355 g/mol. The van der Waals surface area contributed by atoms with Gasteiger partial charge in [-0.15, -0.1) is 0 Å². The van der Waals surface area contributed by atoms with Gasteiger partial charge < -0.3 is 14.5 Å². The molecule has 128 valence electrons. The van der Waals surface area contributed by atoms with E-state index in [0.717, 1.165) is 4.90 Å². The van der Waals surface area contributed by atoms with Crippen LogP contribution in [-0.4, -0.2) is 40.1 Å².